The first-order valence-corrected chi connectivity index (χ1v) is 8.05. The van der Waals surface area contributed by atoms with Gasteiger partial charge in [-0.15, -0.1) is 0 Å². The highest BCUT2D eigenvalue weighted by molar-refractivity contribution is 7.89. The molecule has 2 rings (SSSR count). The number of likely N-dealkylation sites (N-methyl/N-ethyl adjacent to an activating group) is 1. The molecule has 0 bridgehead atoms. The predicted octanol–water partition coefficient (Wildman–Crippen LogP) is 0.309. The molecule has 112 valence electrons. The van der Waals surface area contributed by atoms with Gasteiger partial charge in [-0.1, -0.05) is 0 Å². The summed E-state index contributed by atoms with van der Waals surface area (Å²) in [5.41, 5.74) is 6.75. The molecule has 1 aromatic carbocycles. The number of sulfonamides is 1. The standard InChI is InChI=1S/C13H21N3O3S/c1-16(2)7-6-15-20(17,18)10-3-4-13-11(9-10)12(14)5-8-19-13/h3-4,9,12,15H,5-8,14H2,1-2H3. The molecule has 6 nitrogen and oxygen atoms in total. The lowest BCUT2D eigenvalue weighted by Gasteiger charge is -2.23. The van der Waals surface area contributed by atoms with Crippen LogP contribution in [0.1, 0.15) is 18.0 Å². The van der Waals surface area contributed by atoms with Gasteiger partial charge in [0.15, 0.2) is 0 Å². The third kappa shape index (κ3) is 3.49. The first-order chi connectivity index (χ1) is 9.40. The van der Waals surface area contributed by atoms with Gasteiger partial charge in [0.25, 0.3) is 0 Å². The summed E-state index contributed by atoms with van der Waals surface area (Å²) in [5.74, 6) is 0.677. The molecule has 0 spiro atoms. The molecule has 7 heteroatoms. The molecule has 1 aliphatic rings. The number of fused-ring (bicyclic) bond motifs is 1. The van der Waals surface area contributed by atoms with Crippen LogP contribution in [-0.4, -0.2) is 47.1 Å². The van der Waals surface area contributed by atoms with Crippen LogP contribution in [0.3, 0.4) is 0 Å². The molecule has 20 heavy (non-hydrogen) atoms. The van der Waals surface area contributed by atoms with Gasteiger partial charge < -0.3 is 15.4 Å². The number of nitrogens with one attached hydrogen (secondary N) is 1. The van der Waals surface area contributed by atoms with Crippen LogP contribution in [0.15, 0.2) is 23.1 Å². The van der Waals surface area contributed by atoms with Crippen LogP contribution < -0.4 is 15.2 Å². The molecule has 0 amide bonds. The zero-order valence-corrected chi connectivity index (χ0v) is 12.6. The quantitative estimate of drug-likeness (QED) is 0.817. The molecular formula is C13H21N3O3S. The maximum atomic E-state index is 12.2. The first kappa shape index (κ1) is 15.2. The Bertz CT molecular complexity index is 572. The van der Waals surface area contributed by atoms with E-state index in [-0.39, 0.29) is 10.9 Å². The number of hydrogen-bond acceptors (Lipinski definition) is 5. The molecule has 0 saturated carbocycles. The second-order valence-electron chi connectivity index (χ2n) is 5.14. The van der Waals surface area contributed by atoms with E-state index in [0.29, 0.717) is 31.9 Å². The van der Waals surface area contributed by atoms with E-state index in [1.807, 2.05) is 19.0 Å². The van der Waals surface area contributed by atoms with Crippen LogP contribution in [0.2, 0.25) is 0 Å². The van der Waals surface area contributed by atoms with Gasteiger partial charge in [-0.2, -0.15) is 0 Å². The van der Waals surface area contributed by atoms with E-state index in [0.717, 1.165) is 5.56 Å². The minimum Gasteiger partial charge on any atom is -0.493 e. The highest BCUT2D eigenvalue weighted by atomic mass is 32.2. The average molecular weight is 299 g/mol. The predicted molar refractivity (Wildman–Crippen MR) is 77.2 cm³/mol. The molecule has 1 atom stereocenters. The Morgan fingerprint density at radius 1 is 1.45 bits per heavy atom. The van der Waals surface area contributed by atoms with Crippen molar-refractivity contribution < 1.29 is 13.2 Å². The van der Waals surface area contributed by atoms with E-state index in [1.165, 1.54) is 0 Å². The number of hydrogen-bond donors (Lipinski definition) is 2. The van der Waals surface area contributed by atoms with Crippen LogP contribution in [0.25, 0.3) is 0 Å². The summed E-state index contributed by atoms with van der Waals surface area (Å²) in [4.78, 5) is 2.15. The van der Waals surface area contributed by atoms with Crippen molar-refractivity contribution in [2.45, 2.75) is 17.4 Å². The Balaban J connectivity index is 2.18. The Labute approximate surface area is 120 Å². The summed E-state index contributed by atoms with van der Waals surface area (Å²) in [6, 6.07) is 4.66. The molecule has 1 aromatic rings. The van der Waals surface area contributed by atoms with Crippen molar-refractivity contribution in [3.05, 3.63) is 23.8 Å². The van der Waals surface area contributed by atoms with Gasteiger partial charge in [0.2, 0.25) is 10.0 Å². The van der Waals surface area contributed by atoms with Crippen molar-refractivity contribution in [2.24, 2.45) is 5.73 Å². The van der Waals surface area contributed by atoms with E-state index < -0.39 is 10.0 Å². The monoisotopic (exact) mass is 299 g/mol. The van der Waals surface area contributed by atoms with Crippen molar-refractivity contribution in [1.82, 2.24) is 9.62 Å². The maximum absolute atomic E-state index is 12.2. The highest BCUT2D eigenvalue weighted by Crippen LogP contribution is 2.32. The number of ether oxygens (including phenoxy) is 1. The normalized spacial score (nSPS) is 18.7. The Kier molecular flexibility index (Phi) is 4.64. The molecule has 3 N–H and O–H groups in total. The lowest BCUT2D eigenvalue weighted by Crippen LogP contribution is -2.31. The van der Waals surface area contributed by atoms with E-state index in [1.54, 1.807) is 18.2 Å². The number of benzene rings is 1. The second kappa shape index (κ2) is 6.09. The van der Waals surface area contributed by atoms with Gasteiger partial charge in [-0.3, -0.25) is 0 Å². The summed E-state index contributed by atoms with van der Waals surface area (Å²) < 4.78 is 32.4. The summed E-state index contributed by atoms with van der Waals surface area (Å²) >= 11 is 0. The molecule has 1 heterocycles. The Hall–Kier alpha value is -1.15. The van der Waals surface area contributed by atoms with Crippen LogP contribution in [0, 0.1) is 0 Å². The minimum absolute atomic E-state index is 0.171. The van der Waals surface area contributed by atoms with Crippen LogP contribution in [0.4, 0.5) is 0 Å². The van der Waals surface area contributed by atoms with Crippen LogP contribution in [0.5, 0.6) is 5.75 Å². The summed E-state index contributed by atoms with van der Waals surface area (Å²) in [6.45, 7) is 1.59. The summed E-state index contributed by atoms with van der Waals surface area (Å²) in [6.07, 6.45) is 0.699. The average Bonchev–Trinajstić information content (AvgIpc) is 2.38. The Morgan fingerprint density at radius 3 is 2.90 bits per heavy atom. The van der Waals surface area contributed by atoms with Crippen molar-refractivity contribution in [3.8, 4) is 5.75 Å². The van der Waals surface area contributed by atoms with E-state index in [9.17, 15) is 8.42 Å². The summed E-state index contributed by atoms with van der Waals surface area (Å²) in [5, 5.41) is 0. The molecule has 0 aromatic heterocycles. The molecule has 0 radical (unpaired) electrons. The second-order valence-corrected chi connectivity index (χ2v) is 6.91. The zero-order chi connectivity index (χ0) is 14.8. The fourth-order valence-electron chi connectivity index (χ4n) is 2.05. The van der Waals surface area contributed by atoms with Gasteiger partial charge >= 0.3 is 0 Å². The van der Waals surface area contributed by atoms with Crippen molar-refractivity contribution in [2.75, 3.05) is 33.8 Å². The van der Waals surface area contributed by atoms with Crippen LogP contribution >= 0.6 is 0 Å². The Morgan fingerprint density at radius 2 is 2.20 bits per heavy atom. The fraction of sp³-hybridized carbons (Fsp3) is 0.538. The fourth-order valence-corrected chi connectivity index (χ4v) is 3.11. The van der Waals surface area contributed by atoms with E-state index >= 15 is 0 Å². The van der Waals surface area contributed by atoms with Crippen LogP contribution in [-0.2, 0) is 10.0 Å². The number of rotatable bonds is 5. The topological polar surface area (TPSA) is 84.7 Å². The van der Waals surface area contributed by atoms with Crippen molar-refractivity contribution in [1.29, 1.82) is 0 Å². The van der Waals surface area contributed by atoms with Crippen molar-refractivity contribution in [3.63, 3.8) is 0 Å². The molecule has 0 aliphatic carbocycles. The largest absolute Gasteiger partial charge is 0.493 e. The van der Waals surface area contributed by atoms with Gasteiger partial charge in [-0.05, 0) is 32.3 Å². The lowest BCUT2D eigenvalue weighted by molar-refractivity contribution is 0.268. The SMILES string of the molecule is CN(C)CCNS(=O)(=O)c1ccc2c(c1)C(N)CCO2. The third-order valence-electron chi connectivity index (χ3n) is 3.23. The molecule has 1 unspecified atom stereocenters. The lowest BCUT2D eigenvalue weighted by atomic mass is 10.0. The molecule has 0 saturated heterocycles. The minimum atomic E-state index is -3.50. The van der Waals surface area contributed by atoms with Gasteiger partial charge in [0.1, 0.15) is 5.75 Å². The van der Waals surface area contributed by atoms with Gasteiger partial charge in [0.05, 0.1) is 11.5 Å². The molecular weight excluding hydrogens is 278 g/mol. The first-order valence-electron chi connectivity index (χ1n) is 6.57. The van der Waals surface area contributed by atoms with Gasteiger partial charge in [0, 0.05) is 31.1 Å². The van der Waals surface area contributed by atoms with E-state index in [2.05, 4.69) is 4.72 Å². The van der Waals surface area contributed by atoms with Crippen molar-refractivity contribution >= 4 is 10.0 Å². The smallest absolute Gasteiger partial charge is 0.240 e. The number of nitrogens with zero attached hydrogens (tertiary/aromatic N) is 1. The molecule has 1 aliphatic heterocycles. The van der Waals surface area contributed by atoms with Gasteiger partial charge in [-0.25, -0.2) is 13.1 Å². The third-order valence-corrected chi connectivity index (χ3v) is 4.69. The highest BCUT2D eigenvalue weighted by Gasteiger charge is 2.22. The maximum Gasteiger partial charge on any atom is 0.240 e. The summed E-state index contributed by atoms with van der Waals surface area (Å²) in [7, 11) is 0.284. The molecule has 0 fully saturated rings. The zero-order valence-electron chi connectivity index (χ0n) is 11.8. The number of nitrogens with two attached hydrogens (primary N) is 1. The van der Waals surface area contributed by atoms with E-state index in [4.69, 9.17) is 10.5 Å².